The molecule has 78 valence electrons. The highest BCUT2D eigenvalue weighted by Gasteiger charge is 2.14. The van der Waals surface area contributed by atoms with E-state index in [0.29, 0.717) is 12.0 Å². The van der Waals surface area contributed by atoms with Gasteiger partial charge in [-0.15, -0.1) is 0 Å². The SMILES string of the molecule is Cc1cc(Cl)c(F)c(CC(C)O)c1C. The second-order valence-corrected chi connectivity index (χ2v) is 4.05. The quantitative estimate of drug-likeness (QED) is 0.806. The second-order valence-electron chi connectivity index (χ2n) is 3.65. The molecule has 0 saturated heterocycles. The van der Waals surface area contributed by atoms with E-state index in [1.54, 1.807) is 13.0 Å². The summed E-state index contributed by atoms with van der Waals surface area (Å²) in [5.74, 6) is -0.407. The zero-order valence-corrected chi connectivity index (χ0v) is 9.32. The van der Waals surface area contributed by atoms with Gasteiger partial charge in [-0.05, 0) is 43.5 Å². The van der Waals surface area contributed by atoms with E-state index in [0.717, 1.165) is 11.1 Å². The molecule has 0 aliphatic rings. The highest BCUT2D eigenvalue weighted by Crippen LogP contribution is 2.25. The van der Waals surface area contributed by atoms with Crippen LogP contribution in [0.15, 0.2) is 6.07 Å². The van der Waals surface area contributed by atoms with Crippen LogP contribution in [-0.2, 0) is 6.42 Å². The summed E-state index contributed by atoms with van der Waals surface area (Å²) >= 11 is 5.72. The third-order valence-electron chi connectivity index (χ3n) is 2.36. The Morgan fingerprint density at radius 1 is 1.50 bits per heavy atom. The molecule has 1 atom stereocenters. The Morgan fingerprint density at radius 3 is 2.57 bits per heavy atom. The number of aliphatic hydroxyl groups is 1. The van der Waals surface area contributed by atoms with Crippen LogP contribution in [0.25, 0.3) is 0 Å². The second kappa shape index (κ2) is 4.28. The molecule has 1 unspecified atom stereocenters. The lowest BCUT2D eigenvalue weighted by molar-refractivity contribution is 0.194. The molecule has 0 aromatic heterocycles. The van der Waals surface area contributed by atoms with Gasteiger partial charge in [0.05, 0.1) is 11.1 Å². The maximum atomic E-state index is 13.6. The van der Waals surface area contributed by atoms with E-state index in [2.05, 4.69) is 0 Å². The molecule has 1 N–H and O–H groups in total. The molecule has 1 nitrogen and oxygen atoms in total. The predicted octanol–water partition coefficient (Wildman–Crippen LogP) is 3.02. The summed E-state index contributed by atoms with van der Waals surface area (Å²) < 4.78 is 13.6. The molecular formula is C11H14ClFO. The first-order valence-corrected chi connectivity index (χ1v) is 4.93. The van der Waals surface area contributed by atoms with Crippen LogP contribution in [0.5, 0.6) is 0 Å². The van der Waals surface area contributed by atoms with Crippen LogP contribution >= 0.6 is 11.6 Å². The van der Waals surface area contributed by atoms with E-state index in [1.807, 2.05) is 13.8 Å². The number of hydrogen-bond donors (Lipinski definition) is 1. The molecule has 0 heterocycles. The summed E-state index contributed by atoms with van der Waals surface area (Å²) in [6, 6.07) is 1.61. The molecule has 0 aliphatic heterocycles. The van der Waals surface area contributed by atoms with E-state index >= 15 is 0 Å². The Kier molecular flexibility index (Phi) is 3.51. The number of halogens is 2. The topological polar surface area (TPSA) is 20.2 Å². The number of aliphatic hydroxyl groups excluding tert-OH is 1. The standard InChI is InChI=1S/C11H14ClFO/c1-6-4-10(12)11(13)9(8(6)3)5-7(2)14/h4,7,14H,5H2,1-3H3. The molecule has 0 saturated carbocycles. The van der Waals surface area contributed by atoms with Gasteiger partial charge in [0, 0.05) is 6.42 Å². The minimum atomic E-state index is -0.555. The first-order valence-electron chi connectivity index (χ1n) is 4.55. The molecule has 3 heteroatoms. The minimum absolute atomic E-state index is 0.128. The van der Waals surface area contributed by atoms with Crippen molar-refractivity contribution in [3.63, 3.8) is 0 Å². The lowest BCUT2D eigenvalue weighted by atomic mass is 9.98. The van der Waals surface area contributed by atoms with Crippen molar-refractivity contribution in [2.24, 2.45) is 0 Å². The Balaban J connectivity index is 3.25. The van der Waals surface area contributed by atoms with E-state index < -0.39 is 11.9 Å². The fourth-order valence-electron chi connectivity index (χ4n) is 1.45. The predicted molar refractivity (Wildman–Crippen MR) is 56.3 cm³/mol. The zero-order valence-electron chi connectivity index (χ0n) is 8.56. The summed E-state index contributed by atoms with van der Waals surface area (Å²) in [5, 5.41) is 9.36. The summed E-state index contributed by atoms with van der Waals surface area (Å²) in [4.78, 5) is 0. The molecule has 0 amide bonds. The fourth-order valence-corrected chi connectivity index (χ4v) is 1.72. The van der Waals surface area contributed by atoms with Crippen molar-refractivity contribution in [2.45, 2.75) is 33.3 Å². The van der Waals surface area contributed by atoms with Crippen LogP contribution in [0, 0.1) is 19.7 Å². The van der Waals surface area contributed by atoms with Crippen molar-refractivity contribution in [3.05, 3.63) is 33.6 Å². The Bertz CT molecular complexity index is 321. The molecular weight excluding hydrogens is 203 g/mol. The van der Waals surface area contributed by atoms with Gasteiger partial charge in [-0.1, -0.05) is 11.6 Å². The Hall–Kier alpha value is -0.600. The maximum Gasteiger partial charge on any atom is 0.145 e. The highest BCUT2D eigenvalue weighted by molar-refractivity contribution is 6.30. The molecule has 1 aromatic carbocycles. The average Bonchev–Trinajstić information content (AvgIpc) is 2.09. The van der Waals surface area contributed by atoms with E-state index in [9.17, 15) is 9.50 Å². The molecule has 0 radical (unpaired) electrons. The number of benzene rings is 1. The van der Waals surface area contributed by atoms with Gasteiger partial charge >= 0.3 is 0 Å². The highest BCUT2D eigenvalue weighted by atomic mass is 35.5. The van der Waals surface area contributed by atoms with Crippen molar-refractivity contribution in [1.29, 1.82) is 0 Å². The normalized spacial score (nSPS) is 13.0. The first kappa shape index (κ1) is 11.5. The average molecular weight is 217 g/mol. The van der Waals surface area contributed by atoms with Gasteiger partial charge in [0.1, 0.15) is 5.82 Å². The molecule has 1 rings (SSSR count). The molecule has 0 fully saturated rings. The van der Waals surface area contributed by atoms with Crippen LogP contribution in [0.4, 0.5) is 4.39 Å². The van der Waals surface area contributed by atoms with E-state index in [4.69, 9.17) is 11.6 Å². The van der Waals surface area contributed by atoms with Crippen molar-refractivity contribution < 1.29 is 9.50 Å². The largest absolute Gasteiger partial charge is 0.393 e. The first-order chi connectivity index (χ1) is 6.43. The molecule has 0 aliphatic carbocycles. The molecule has 1 aromatic rings. The third kappa shape index (κ3) is 2.25. The fraction of sp³-hybridized carbons (Fsp3) is 0.455. The van der Waals surface area contributed by atoms with Crippen LogP contribution in [0.2, 0.25) is 5.02 Å². The smallest absolute Gasteiger partial charge is 0.145 e. The van der Waals surface area contributed by atoms with Crippen LogP contribution in [0.1, 0.15) is 23.6 Å². The van der Waals surface area contributed by atoms with E-state index in [1.165, 1.54) is 0 Å². The summed E-state index contributed by atoms with van der Waals surface area (Å²) in [7, 11) is 0. The van der Waals surface area contributed by atoms with Gasteiger partial charge < -0.3 is 5.11 Å². The van der Waals surface area contributed by atoms with Gasteiger partial charge in [-0.3, -0.25) is 0 Å². The van der Waals surface area contributed by atoms with Gasteiger partial charge in [0.25, 0.3) is 0 Å². The number of hydrogen-bond acceptors (Lipinski definition) is 1. The summed E-state index contributed by atoms with van der Waals surface area (Å²) in [6.07, 6.45) is -0.250. The summed E-state index contributed by atoms with van der Waals surface area (Å²) in [6.45, 7) is 5.35. The lowest BCUT2D eigenvalue weighted by Crippen LogP contribution is -2.09. The van der Waals surface area contributed by atoms with Crippen molar-refractivity contribution in [1.82, 2.24) is 0 Å². The molecule has 0 bridgehead atoms. The van der Waals surface area contributed by atoms with Gasteiger partial charge in [0.2, 0.25) is 0 Å². The van der Waals surface area contributed by atoms with Crippen molar-refractivity contribution in [2.75, 3.05) is 0 Å². The number of rotatable bonds is 2. The number of aryl methyl sites for hydroxylation is 1. The molecule has 0 spiro atoms. The molecule has 14 heavy (non-hydrogen) atoms. The van der Waals surface area contributed by atoms with Crippen LogP contribution in [-0.4, -0.2) is 11.2 Å². The van der Waals surface area contributed by atoms with Gasteiger partial charge in [-0.2, -0.15) is 0 Å². The zero-order chi connectivity index (χ0) is 10.9. The summed E-state index contributed by atoms with van der Waals surface area (Å²) in [5.41, 5.74) is 2.34. The lowest BCUT2D eigenvalue weighted by Gasteiger charge is -2.12. The minimum Gasteiger partial charge on any atom is -0.393 e. The van der Waals surface area contributed by atoms with Gasteiger partial charge in [0.15, 0.2) is 0 Å². The van der Waals surface area contributed by atoms with Crippen LogP contribution < -0.4 is 0 Å². The van der Waals surface area contributed by atoms with Crippen molar-refractivity contribution >= 4 is 11.6 Å². The van der Waals surface area contributed by atoms with E-state index in [-0.39, 0.29) is 5.02 Å². The van der Waals surface area contributed by atoms with Gasteiger partial charge in [-0.25, -0.2) is 4.39 Å². The Morgan fingerprint density at radius 2 is 2.07 bits per heavy atom. The van der Waals surface area contributed by atoms with Crippen LogP contribution in [0.3, 0.4) is 0 Å². The monoisotopic (exact) mass is 216 g/mol. The maximum absolute atomic E-state index is 13.6. The third-order valence-corrected chi connectivity index (χ3v) is 2.64. The Labute approximate surface area is 88.5 Å². The van der Waals surface area contributed by atoms with Crippen molar-refractivity contribution in [3.8, 4) is 0 Å².